The number of aromatic nitrogens is 2. The van der Waals surface area contributed by atoms with Gasteiger partial charge in [0.15, 0.2) is 0 Å². The highest BCUT2D eigenvalue weighted by Crippen LogP contribution is 2.26. The van der Waals surface area contributed by atoms with Gasteiger partial charge in [-0.3, -0.25) is 19.5 Å². The molecule has 8 heteroatoms. The van der Waals surface area contributed by atoms with Crippen LogP contribution in [0.2, 0.25) is 5.02 Å². The van der Waals surface area contributed by atoms with Gasteiger partial charge in [0.25, 0.3) is 5.91 Å². The van der Waals surface area contributed by atoms with E-state index in [0.29, 0.717) is 22.2 Å². The molecule has 3 aromatic carbocycles. The molecule has 1 aromatic heterocycles. The van der Waals surface area contributed by atoms with Crippen LogP contribution in [0.1, 0.15) is 15.9 Å². The lowest BCUT2D eigenvalue weighted by Crippen LogP contribution is -2.38. The molecule has 4 aromatic rings. The number of aryl methyl sites for hydroxylation is 1. The lowest BCUT2D eigenvalue weighted by molar-refractivity contribution is -0.116. The van der Waals surface area contributed by atoms with E-state index in [9.17, 15) is 9.59 Å². The highest BCUT2D eigenvalue weighted by Gasteiger charge is 2.20. The molecule has 0 aliphatic carbocycles. The summed E-state index contributed by atoms with van der Waals surface area (Å²) in [5.41, 5.74) is 3.94. The Labute approximate surface area is 221 Å². The molecule has 0 aliphatic rings. The van der Waals surface area contributed by atoms with Crippen LogP contribution >= 0.6 is 11.6 Å². The van der Waals surface area contributed by atoms with E-state index in [1.165, 1.54) is 4.90 Å². The molecular weight excluding hydrogens is 488 g/mol. The Bertz CT molecular complexity index is 1390. The summed E-state index contributed by atoms with van der Waals surface area (Å²) in [4.78, 5) is 32.2. The Morgan fingerprint density at radius 2 is 1.73 bits per heavy atom. The average Bonchev–Trinajstić information content (AvgIpc) is 3.32. The molecule has 0 fully saturated rings. The SMILES string of the molecule is C=CCN(CC(=O)Nc1nc(-c2ccc(OC)cc2)cn1-c1ccc(C)cc1)C(=O)c1ccc(Cl)cc1. The summed E-state index contributed by atoms with van der Waals surface area (Å²) in [5, 5.41) is 3.41. The Morgan fingerprint density at radius 1 is 1.05 bits per heavy atom. The van der Waals surface area contributed by atoms with Crippen LogP contribution in [0, 0.1) is 6.92 Å². The number of carbonyl (C=O) groups excluding carboxylic acids is 2. The summed E-state index contributed by atoms with van der Waals surface area (Å²) in [6.07, 6.45) is 3.44. The molecule has 0 unspecified atom stereocenters. The van der Waals surface area contributed by atoms with E-state index in [-0.39, 0.29) is 24.9 Å². The molecule has 4 rings (SSSR count). The first-order chi connectivity index (χ1) is 17.9. The van der Waals surface area contributed by atoms with Crippen LogP contribution in [0.3, 0.4) is 0 Å². The van der Waals surface area contributed by atoms with Crippen LogP contribution in [-0.2, 0) is 4.79 Å². The molecule has 0 bridgehead atoms. The van der Waals surface area contributed by atoms with Gasteiger partial charge in [-0.25, -0.2) is 4.98 Å². The normalized spacial score (nSPS) is 10.6. The van der Waals surface area contributed by atoms with Gasteiger partial charge in [-0.05, 0) is 67.6 Å². The van der Waals surface area contributed by atoms with E-state index in [1.54, 1.807) is 37.5 Å². The predicted octanol–water partition coefficient (Wildman–Crippen LogP) is 5.78. The minimum atomic E-state index is -0.385. The van der Waals surface area contributed by atoms with Crippen molar-refractivity contribution in [2.45, 2.75) is 6.92 Å². The summed E-state index contributed by atoms with van der Waals surface area (Å²) in [6, 6.07) is 22.0. The lowest BCUT2D eigenvalue weighted by Gasteiger charge is -2.21. The van der Waals surface area contributed by atoms with E-state index in [2.05, 4.69) is 11.9 Å². The molecule has 0 saturated carbocycles. The summed E-state index contributed by atoms with van der Waals surface area (Å²) in [7, 11) is 1.61. The Kier molecular flexibility index (Phi) is 8.05. The number of hydrogen-bond acceptors (Lipinski definition) is 4. The first-order valence-electron chi connectivity index (χ1n) is 11.6. The topological polar surface area (TPSA) is 76.5 Å². The first kappa shape index (κ1) is 25.7. The van der Waals surface area contributed by atoms with Gasteiger partial charge in [0.1, 0.15) is 12.3 Å². The first-order valence-corrected chi connectivity index (χ1v) is 12.0. The molecule has 0 radical (unpaired) electrons. The average molecular weight is 515 g/mol. The fourth-order valence-electron chi connectivity index (χ4n) is 3.76. The number of nitrogens with zero attached hydrogens (tertiary/aromatic N) is 3. The number of ether oxygens (including phenoxy) is 1. The third kappa shape index (κ3) is 6.26. The second kappa shape index (κ2) is 11.6. The zero-order valence-electron chi connectivity index (χ0n) is 20.6. The molecule has 0 saturated heterocycles. The molecule has 37 heavy (non-hydrogen) atoms. The minimum absolute atomic E-state index is 0.174. The molecule has 1 N–H and O–H groups in total. The van der Waals surface area contributed by atoms with E-state index in [0.717, 1.165) is 22.6 Å². The lowest BCUT2D eigenvalue weighted by atomic mass is 10.1. The Hall–Kier alpha value is -4.36. The molecule has 2 amide bonds. The summed E-state index contributed by atoms with van der Waals surface area (Å²) in [6.45, 7) is 5.76. The number of amides is 2. The number of rotatable bonds is 9. The van der Waals surface area contributed by atoms with E-state index < -0.39 is 0 Å². The van der Waals surface area contributed by atoms with Gasteiger partial charge in [-0.1, -0.05) is 35.4 Å². The third-order valence-corrected chi connectivity index (χ3v) is 5.97. The fraction of sp³-hybridized carbons (Fsp3) is 0.138. The number of imidazole rings is 1. The van der Waals surface area contributed by atoms with E-state index >= 15 is 0 Å². The summed E-state index contributed by atoms with van der Waals surface area (Å²) < 4.78 is 7.07. The van der Waals surface area contributed by atoms with Gasteiger partial charge < -0.3 is 9.64 Å². The fourth-order valence-corrected chi connectivity index (χ4v) is 3.89. The predicted molar refractivity (Wildman–Crippen MR) is 146 cm³/mol. The van der Waals surface area contributed by atoms with Crippen molar-refractivity contribution in [2.24, 2.45) is 0 Å². The van der Waals surface area contributed by atoms with Crippen molar-refractivity contribution < 1.29 is 14.3 Å². The van der Waals surface area contributed by atoms with Gasteiger partial charge in [0, 0.05) is 34.6 Å². The second-order valence-corrected chi connectivity index (χ2v) is 8.85. The number of halogens is 1. The van der Waals surface area contributed by atoms with Crippen LogP contribution in [0.5, 0.6) is 5.75 Å². The van der Waals surface area contributed by atoms with Gasteiger partial charge in [-0.2, -0.15) is 0 Å². The minimum Gasteiger partial charge on any atom is -0.497 e. The van der Waals surface area contributed by atoms with E-state index in [4.69, 9.17) is 21.3 Å². The van der Waals surface area contributed by atoms with Gasteiger partial charge in [0.2, 0.25) is 11.9 Å². The van der Waals surface area contributed by atoms with Crippen molar-refractivity contribution in [2.75, 3.05) is 25.5 Å². The maximum Gasteiger partial charge on any atom is 0.254 e. The number of hydrogen-bond donors (Lipinski definition) is 1. The molecule has 1 heterocycles. The quantitative estimate of drug-likeness (QED) is 0.287. The van der Waals surface area contributed by atoms with Crippen molar-refractivity contribution in [3.05, 3.63) is 108 Å². The number of carbonyl (C=O) groups is 2. The molecule has 188 valence electrons. The standard InChI is InChI=1S/C29H27ClN4O3/c1-4-17-33(28(36)22-7-11-23(30)12-8-22)19-27(35)32-29-31-26(21-9-15-25(37-3)16-10-21)18-34(29)24-13-5-20(2)6-14-24/h4-16,18H,1,17,19H2,2-3H3,(H,31,32,35). The van der Waals surface area contributed by atoms with Crippen LogP contribution in [0.4, 0.5) is 5.95 Å². The zero-order chi connectivity index (χ0) is 26.4. The number of benzene rings is 3. The highest BCUT2D eigenvalue weighted by molar-refractivity contribution is 6.30. The van der Waals surface area contributed by atoms with Crippen molar-refractivity contribution in [1.82, 2.24) is 14.5 Å². The molecular formula is C29H27ClN4O3. The molecule has 7 nitrogen and oxygen atoms in total. The smallest absolute Gasteiger partial charge is 0.254 e. The van der Waals surface area contributed by atoms with Gasteiger partial charge in [-0.15, -0.1) is 6.58 Å². The van der Waals surface area contributed by atoms with Crippen LogP contribution in [0.15, 0.2) is 91.6 Å². The van der Waals surface area contributed by atoms with Crippen molar-refractivity contribution in [1.29, 1.82) is 0 Å². The highest BCUT2D eigenvalue weighted by atomic mass is 35.5. The van der Waals surface area contributed by atoms with Crippen molar-refractivity contribution >= 4 is 29.4 Å². The maximum atomic E-state index is 13.1. The molecule has 0 spiro atoms. The Balaban J connectivity index is 1.60. The van der Waals surface area contributed by atoms with E-state index in [1.807, 2.05) is 66.2 Å². The van der Waals surface area contributed by atoms with Crippen molar-refractivity contribution in [3.8, 4) is 22.7 Å². The Morgan fingerprint density at radius 3 is 2.35 bits per heavy atom. The van der Waals surface area contributed by atoms with Crippen molar-refractivity contribution in [3.63, 3.8) is 0 Å². The zero-order valence-corrected chi connectivity index (χ0v) is 21.4. The number of nitrogens with one attached hydrogen (secondary N) is 1. The van der Waals surface area contributed by atoms with Crippen LogP contribution in [0.25, 0.3) is 16.9 Å². The van der Waals surface area contributed by atoms with Crippen LogP contribution < -0.4 is 10.1 Å². The largest absolute Gasteiger partial charge is 0.497 e. The monoisotopic (exact) mass is 514 g/mol. The number of anilines is 1. The third-order valence-electron chi connectivity index (χ3n) is 5.72. The maximum absolute atomic E-state index is 13.1. The summed E-state index contributed by atoms with van der Waals surface area (Å²) in [5.74, 6) is 0.400. The van der Waals surface area contributed by atoms with Gasteiger partial charge in [0.05, 0.1) is 12.8 Å². The molecule has 0 aliphatic heterocycles. The number of methoxy groups -OCH3 is 1. The second-order valence-electron chi connectivity index (χ2n) is 8.41. The summed E-state index contributed by atoms with van der Waals surface area (Å²) >= 11 is 5.95. The van der Waals surface area contributed by atoms with Crippen LogP contribution in [-0.4, -0.2) is 46.5 Å². The van der Waals surface area contributed by atoms with Gasteiger partial charge >= 0.3 is 0 Å². The molecule has 0 atom stereocenters.